The number of aliphatic hydroxyl groups excluding tert-OH is 2. The Balaban J connectivity index is 0.952. The summed E-state index contributed by atoms with van der Waals surface area (Å²) in [5.41, 5.74) is 6.36. The van der Waals surface area contributed by atoms with Crippen molar-refractivity contribution in [2.75, 3.05) is 37.9 Å². The monoisotopic (exact) mass is 1120 g/mol. The zero-order valence-electron chi connectivity index (χ0n) is 39.2. The number of hydrogen-bond donors (Lipinski definition) is 9. The molecule has 0 amide bonds. The Morgan fingerprint density at radius 2 is 0.933 bits per heavy atom. The van der Waals surface area contributed by atoms with E-state index in [0.717, 1.165) is 24.5 Å². The number of nitrogen functional groups attached to an aromatic ring is 2. The Labute approximate surface area is 419 Å². The van der Waals surface area contributed by atoms with E-state index < -0.39 is 170 Å². The number of phosphoric acid groups is 3. The van der Waals surface area contributed by atoms with Gasteiger partial charge in [-0.2, -0.15) is 9.97 Å². The number of aromatic nitrogens is 8. The van der Waals surface area contributed by atoms with Crippen LogP contribution in [-0.4, -0.2) is 138 Å². The van der Waals surface area contributed by atoms with Crippen LogP contribution in [-0.2, 0) is 59.8 Å². The molecule has 4 fully saturated rings. The number of anilines is 2. The predicted molar refractivity (Wildman–Crippen MR) is 247 cm³/mol. The summed E-state index contributed by atoms with van der Waals surface area (Å²) in [5, 5.41) is 20.6. The fourth-order valence-electron chi connectivity index (χ4n) is 8.44. The molecule has 37 heteroatoms. The molecule has 4 aliphatic rings. The fraction of sp³-hybridized carbons (Fsp3) is 0.579. The normalized spacial score (nSPS) is 30.3. The van der Waals surface area contributed by atoms with Crippen molar-refractivity contribution in [3.05, 3.63) is 111 Å². The lowest BCUT2D eigenvalue weighted by Gasteiger charge is -2.25. The number of hydrogen-bond acceptors (Lipinski definition) is 25. The lowest BCUT2D eigenvalue weighted by atomic mass is 10.2. The van der Waals surface area contributed by atoms with Gasteiger partial charge in [-0.25, -0.2) is 32.9 Å². The van der Waals surface area contributed by atoms with E-state index in [1.165, 1.54) is 44.6 Å². The van der Waals surface area contributed by atoms with Crippen molar-refractivity contribution < 1.29 is 84.7 Å². The van der Waals surface area contributed by atoms with E-state index >= 15 is 0 Å². The van der Waals surface area contributed by atoms with Crippen molar-refractivity contribution >= 4 is 35.1 Å². The van der Waals surface area contributed by atoms with Gasteiger partial charge in [0.05, 0.1) is 32.5 Å². The van der Waals surface area contributed by atoms with Crippen LogP contribution in [0, 0.1) is 13.8 Å². The third-order valence-electron chi connectivity index (χ3n) is 12.2. The Morgan fingerprint density at radius 3 is 1.33 bits per heavy atom. The number of nitrogens with one attached hydrogen (secondary N) is 2. The number of nitrogens with zero attached hydrogens (tertiary/aromatic N) is 6. The molecule has 0 aromatic carbocycles. The van der Waals surface area contributed by atoms with Crippen molar-refractivity contribution in [2.45, 2.75) is 113 Å². The van der Waals surface area contributed by atoms with Crippen LogP contribution in [0.5, 0.6) is 0 Å². The molecule has 4 aromatic heterocycles. The van der Waals surface area contributed by atoms with E-state index in [0.29, 0.717) is 0 Å². The first-order valence-corrected chi connectivity index (χ1v) is 27.0. The van der Waals surface area contributed by atoms with Gasteiger partial charge in [-0.05, 0) is 26.0 Å². The summed E-state index contributed by atoms with van der Waals surface area (Å²) in [4.78, 5) is 119. The molecule has 11 N–H and O–H groups in total. The standard InChI is InChI=1S/C38H51N10O24P3/c1-17-11-47(37(55)43-33(17)51)31-8-20(23(13-49)66-31)70-74(59,60)64-16-26-22(10-32(69-26)48-12-18(2)34(52)44-38(48)56)72-75(61,62)65-15-25-21(9-30(68-25)46-6-4-28(40)42-36(46)54)71-73(57,58)63-14-24-19(50)7-29(67-24)45-5-3-27(39)41-35(45)53/h3-6,11-12,19-26,29-32,49-50H,7-10,13-16H2,1-2H3,(H,57,58)(H,59,60)(H,61,62)(H2,39,41,53)(H2,40,42,54)(H,43,51,55)(H,44,52,56)/t19-,20-,21-,22-,23+,24+,25+,26+,29+,30+,31+,32+/m0/s1. The number of rotatable bonds is 20. The van der Waals surface area contributed by atoms with Gasteiger partial charge in [-0.1, -0.05) is 0 Å². The first-order chi connectivity index (χ1) is 35.3. The van der Waals surface area contributed by atoms with Crippen LogP contribution in [0.4, 0.5) is 11.6 Å². The Kier molecular flexibility index (Phi) is 16.7. The molecule has 8 rings (SSSR count). The van der Waals surface area contributed by atoms with Crippen LogP contribution in [0.15, 0.2) is 65.7 Å². The van der Waals surface area contributed by atoms with E-state index in [-0.39, 0.29) is 35.6 Å². The topological polar surface area (TPSA) is 476 Å². The molecule has 15 atom stereocenters. The summed E-state index contributed by atoms with van der Waals surface area (Å²) in [6.07, 6.45) is -13.3. The van der Waals surface area contributed by atoms with Crippen molar-refractivity contribution in [3.8, 4) is 0 Å². The van der Waals surface area contributed by atoms with Crippen LogP contribution >= 0.6 is 23.5 Å². The average molecular weight is 1120 g/mol. The number of nitrogens with two attached hydrogens (primary N) is 2. The minimum atomic E-state index is -5.40. The quantitative estimate of drug-likeness (QED) is 0.0410. The third-order valence-corrected chi connectivity index (χ3v) is 15.2. The number of aryl methyl sites for hydroxylation is 2. The van der Waals surface area contributed by atoms with Crippen LogP contribution in [0.1, 0.15) is 61.7 Å². The fourth-order valence-corrected chi connectivity index (χ4v) is 11.3. The van der Waals surface area contributed by atoms with Gasteiger partial charge in [-0.3, -0.25) is 65.0 Å². The van der Waals surface area contributed by atoms with Crippen LogP contribution in [0.2, 0.25) is 0 Å². The van der Waals surface area contributed by atoms with Crippen molar-refractivity contribution in [3.63, 3.8) is 0 Å². The van der Waals surface area contributed by atoms with Gasteiger partial charge in [0.2, 0.25) is 0 Å². The van der Waals surface area contributed by atoms with Gasteiger partial charge >= 0.3 is 46.2 Å². The van der Waals surface area contributed by atoms with Gasteiger partial charge in [0.15, 0.2) is 0 Å². The summed E-state index contributed by atoms with van der Waals surface area (Å²) >= 11 is 0. The molecule has 4 aliphatic heterocycles. The van der Waals surface area contributed by atoms with Crippen LogP contribution < -0.4 is 45.3 Å². The maximum Gasteiger partial charge on any atom is 0.472 e. The van der Waals surface area contributed by atoms with Crippen molar-refractivity contribution in [1.82, 2.24) is 38.2 Å². The molecular formula is C38H51N10O24P3. The second-order valence-corrected chi connectivity index (χ2v) is 21.7. The highest BCUT2D eigenvalue weighted by Crippen LogP contribution is 2.53. The number of aromatic amines is 2. The Hall–Kier alpha value is -5.19. The number of ether oxygens (including phenoxy) is 4. The Bertz CT molecular complexity index is 3280. The molecule has 34 nitrogen and oxygen atoms in total. The molecule has 75 heavy (non-hydrogen) atoms. The minimum absolute atomic E-state index is 0.0410. The smallest absolute Gasteiger partial charge is 0.394 e. The lowest BCUT2D eigenvalue weighted by molar-refractivity contribution is -0.0640. The number of H-pyrrole nitrogens is 2. The van der Waals surface area contributed by atoms with Crippen LogP contribution in [0.25, 0.3) is 0 Å². The highest BCUT2D eigenvalue weighted by molar-refractivity contribution is 7.48. The highest BCUT2D eigenvalue weighted by Gasteiger charge is 2.48. The van der Waals surface area contributed by atoms with E-state index in [2.05, 4.69) is 19.9 Å². The third kappa shape index (κ3) is 13.3. The maximum atomic E-state index is 13.8. The second-order valence-electron chi connectivity index (χ2n) is 17.5. The van der Waals surface area contributed by atoms with E-state index in [1.807, 2.05) is 0 Å². The molecule has 0 spiro atoms. The predicted octanol–water partition coefficient (Wildman–Crippen LogP) is -2.61. The molecule has 0 saturated carbocycles. The first-order valence-electron chi connectivity index (χ1n) is 22.5. The molecule has 0 bridgehead atoms. The van der Waals surface area contributed by atoms with Crippen molar-refractivity contribution in [1.29, 1.82) is 0 Å². The van der Waals surface area contributed by atoms with E-state index in [4.69, 9.17) is 57.6 Å². The van der Waals surface area contributed by atoms with Gasteiger partial charge in [0, 0.05) is 61.6 Å². The largest absolute Gasteiger partial charge is 0.472 e. The molecule has 0 radical (unpaired) electrons. The molecule has 0 aliphatic carbocycles. The Morgan fingerprint density at radius 1 is 0.587 bits per heavy atom. The summed E-state index contributed by atoms with van der Waals surface area (Å²) in [6, 6.07) is 2.55. The highest BCUT2D eigenvalue weighted by atomic mass is 31.2. The molecule has 4 saturated heterocycles. The van der Waals surface area contributed by atoms with Gasteiger partial charge in [0.1, 0.15) is 79.3 Å². The SMILES string of the molecule is Cc1cn([C@H]2C[C@H](OP(=O)(O)OC[C@H]3O[C@@H](n4cc(C)c(=O)[nH]c4=O)C[C@@H]3OP(=O)(O)OC[C@H]3O[C@@H](n4ccc(N)nc4=O)C[C@@H]3OP(=O)(O)OC[C@H]3O[C@@H](n4ccc(N)nc4=O)C[C@@H]3O)[C@@H](CO)O2)c(=O)[nH]c1=O. The first kappa shape index (κ1) is 56.0. The van der Waals surface area contributed by atoms with Crippen LogP contribution in [0.3, 0.4) is 0 Å². The number of phosphoric ester groups is 3. The molecule has 412 valence electrons. The molecule has 8 heterocycles. The van der Waals surface area contributed by atoms with Crippen molar-refractivity contribution in [2.24, 2.45) is 0 Å². The zero-order valence-corrected chi connectivity index (χ0v) is 41.9. The molecular weight excluding hydrogens is 1070 g/mol. The zero-order chi connectivity index (χ0) is 54.3. The van der Waals surface area contributed by atoms with Gasteiger partial charge in [-0.15, -0.1) is 0 Å². The summed E-state index contributed by atoms with van der Waals surface area (Å²) in [5.74, 6) is -0.226. The second kappa shape index (κ2) is 22.4. The lowest BCUT2D eigenvalue weighted by Crippen LogP contribution is -2.33. The summed E-state index contributed by atoms with van der Waals surface area (Å²) in [6.45, 7) is -0.700. The van der Waals surface area contributed by atoms with Gasteiger partial charge in [0.25, 0.3) is 11.1 Å². The average Bonchev–Trinajstić information content (AvgIpc) is 4.11. The maximum absolute atomic E-state index is 13.8. The number of aliphatic hydroxyl groups is 2. The van der Waals surface area contributed by atoms with E-state index in [9.17, 15) is 67.4 Å². The summed E-state index contributed by atoms with van der Waals surface area (Å²) in [7, 11) is -15.8. The molecule has 3 unspecified atom stereocenters. The summed E-state index contributed by atoms with van der Waals surface area (Å²) < 4.78 is 99.6. The molecule has 4 aromatic rings. The van der Waals surface area contributed by atoms with E-state index in [1.54, 1.807) is 0 Å². The minimum Gasteiger partial charge on any atom is -0.394 e. The van der Waals surface area contributed by atoms with Gasteiger partial charge < -0.3 is 55.3 Å².